The predicted molar refractivity (Wildman–Crippen MR) is 97.4 cm³/mol. The predicted octanol–water partition coefficient (Wildman–Crippen LogP) is 2.83. The number of H-pyrrole nitrogens is 1. The molecule has 8 heteroatoms. The zero-order valence-electron chi connectivity index (χ0n) is 12.9. The van der Waals surface area contributed by atoms with Crippen molar-refractivity contribution >= 4 is 40.2 Å². The van der Waals surface area contributed by atoms with Crippen LogP contribution in [0.25, 0.3) is 11.3 Å². The molecule has 2 heterocycles. The summed E-state index contributed by atoms with van der Waals surface area (Å²) < 4.78 is 0.257. The van der Waals surface area contributed by atoms with Gasteiger partial charge in [-0.15, -0.1) is 0 Å². The van der Waals surface area contributed by atoms with Crippen LogP contribution in [0, 0.1) is 6.92 Å². The highest BCUT2D eigenvalue weighted by atomic mass is 32.2. The van der Waals surface area contributed by atoms with Crippen LogP contribution in [0.1, 0.15) is 5.56 Å². The van der Waals surface area contributed by atoms with Crippen molar-refractivity contribution in [3.63, 3.8) is 0 Å². The zero-order valence-corrected chi connectivity index (χ0v) is 14.5. The largest absolute Gasteiger partial charge is 0.480 e. The van der Waals surface area contributed by atoms with Crippen LogP contribution in [0.2, 0.25) is 0 Å². The molecule has 0 atom stereocenters. The third-order valence-corrected chi connectivity index (χ3v) is 4.39. The number of thiocarbonyl (C=S) groups is 1. The van der Waals surface area contributed by atoms with Crippen LogP contribution in [0.3, 0.4) is 0 Å². The second-order valence-electron chi connectivity index (χ2n) is 4.87. The Morgan fingerprint density at radius 2 is 2.08 bits per heavy atom. The summed E-state index contributed by atoms with van der Waals surface area (Å²) in [5, 5.41) is 15.3. The average Bonchev–Trinajstić information content (AvgIpc) is 3.07. The second kappa shape index (κ2) is 7.89. The van der Waals surface area contributed by atoms with Gasteiger partial charge in [-0.3, -0.25) is 19.6 Å². The lowest BCUT2D eigenvalue weighted by atomic mass is 10.1. The van der Waals surface area contributed by atoms with E-state index >= 15 is 0 Å². The van der Waals surface area contributed by atoms with Gasteiger partial charge in [-0.1, -0.05) is 60.9 Å². The molecule has 2 aromatic rings. The van der Waals surface area contributed by atoms with E-state index in [2.05, 4.69) is 28.9 Å². The molecule has 6 nitrogen and oxygen atoms in total. The SMILES string of the molecule is C=C1SC(=S)N(CC(=O)O)C1=O.Cc1cn[nH]c1-c1ccccc1. The lowest BCUT2D eigenvalue weighted by molar-refractivity contribution is -0.140. The normalized spacial score (nSPS) is 13.7. The molecule has 0 radical (unpaired) electrons. The summed E-state index contributed by atoms with van der Waals surface area (Å²) in [6.45, 7) is 5.10. The van der Waals surface area contributed by atoms with Crippen molar-refractivity contribution in [3.8, 4) is 11.3 Å². The number of aryl methyl sites for hydroxylation is 1. The van der Waals surface area contributed by atoms with Gasteiger partial charge in [-0.05, 0) is 18.1 Å². The summed E-state index contributed by atoms with van der Waals surface area (Å²) in [4.78, 5) is 22.7. The minimum absolute atomic E-state index is 0.257. The maximum absolute atomic E-state index is 11.1. The van der Waals surface area contributed by atoms with Gasteiger partial charge in [0.1, 0.15) is 10.9 Å². The number of aromatic amines is 1. The fourth-order valence-electron chi connectivity index (χ4n) is 1.95. The minimum atomic E-state index is -1.08. The molecular formula is C16H15N3O3S2. The number of carbonyl (C=O) groups is 2. The fourth-order valence-corrected chi connectivity index (χ4v) is 3.07. The summed E-state index contributed by atoms with van der Waals surface area (Å²) in [6.07, 6.45) is 1.84. The molecule has 1 fully saturated rings. The number of carboxylic acids is 1. The molecule has 0 spiro atoms. The highest BCUT2D eigenvalue weighted by molar-refractivity contribution is 8.26. The van der Waals surface area contributed by atoms with E-state index in [0.29, 0.717) is 0 Å². The Morgan fingerprint density at radius 3 is 2.54 bits per heavy atom. The highest BCUT2D eigenvalue weighted by Crippen LogP contribution is 2.28. The van der Waals surface area contributed by atoms with Crippen LogP contribution < -0.4 is 0 Å². The molecule has 3 rings (SSSR count). The van der Waals surface area contributed by atoms with Crippen LogP contribution >= 0.6 is 24.0 Å². The van der Waals surface area contributed by atoms with Crippen LogP contribution in [0.15, 0.2) is 48.0 Å². The van der Waals surface area contributed by atoms with E-state index in [9.17, 15) is 9.59 Å². The van der Waals surface area contributed by atoms with Crippen LogP contribution in [-0.2, 0) is 9.59 Å². The van der Waals surface area contributed by atoms with E-state index in [1.165, 1.54) is 11.1 Å². The second-order valence-corrected chi connectivity index (χ2v) is 6.60. The number of rotatable bonds is 3. The lowest BCUT2D eigenvalue weighted by Crippen LogP contribution is -2.33. The van der Waals surface area contributed by atoms with Crippen molar-refractivity contribution in [1.29, 1.82) is 0 Å². The summed E-state index contributed by atoms with van der Waals surface area (Å²) in [5.74, 6) is -1.49. The van der Waals surface area contributed by atoms with E-state index in [1.54, 1.807) is 0 Å². The summed E-state index contributed by atoms with van der Waals surface area (Å²) in [7, 11) is 0. The van der Waals surface area contributed by atoms with E-state index in [1.807, 2.05) is 31.3 Å². The molecule has 1 amide bonds. The van der Waals surface area contributed by atoms with Crippen molar-refractivity contribution in [3.05, 3.63) is 53.6 Å². The number of benzene rings is 1. The third kappa shape index (κ3) is 4.30. The Kier molecular flexibility index (Phi) is 5.88. The Bertz CT molecular complexity index is 787. The van der Waals surface area contributed by atoms with Gasteiger partial charge in [-0.2, -0.15) is 5.10 Å². The Labute approximate surface area is 148 Å². The number of carbonyl (C=O) groups excluding carboxylic acids is 1. The van der Waals surface area contributed by atoms with Gasteiger partial charge in [0.25, 0.3) is 5.91 Å². The van der Waals surface area contributed by atoms with E-state index in [4.69, 9.17) is 17.3 Å². The summed E-state index contributed by atoms with van der Waals surface area (Å²) in [6, 6.07) is 10.2. The van der Waals surface area contributed by atoms with Crippen molar-refractivity contribution in [2.45, 2.75) is 6.92 Å². The van der Waals surface area contributed by atoms with Crippen molar-refractivity contribution in [1.82, 2.24) is 15.1 Å². The van der Waals surface area contributed by atoms with Gasteiger partial charge in [0.2, 0.25) is 0 Å². The number of nitrogens with one attached hydrogen (secondary N) is 1. The number of carboxylic acid groups (broad SMARTS) is 1. The van der Waals surface area contributed by atoms with Crippen LogP contribution in [0.5, 0.6) is 0 Å². The number of amides is 1. The van der Waals surface area contributed by atoms with Gasteiger partial charge in [0.15, 0.2) is 0 Å². The molecule has 124 valence electrons. The first-order valence-electron chi connectivity index (χ1n) is 6.90. The Morgan fingerprint density at radius 1 is 1.42 bits per heavy atom. The smallest absolute Gasteiger partial charge is 0.323 e. The van der Waals surface area contributed by atoms with Crippen molar-refractivity contribution in [2.24, 2.45) is 0 Å². The van der Waals surface area contributed by atoms with E-state index < -0.39 is 11.9 Å². The molecule has 1 aliphatic rings. The first kappa shape index (κ1) is 17.9. The van der Waals surface area contributed by atoms with Gasteiger partial charge in [0.05, 0.1) is 16.8 Å². The highest BCUT2D eigenvalue weighted by Gasteiger charge is 2.31. The maximum atomic E-state index is 11.1. The molecule has 1 aromatic carbocycles. The molecule has 2 N–H and O–H groups in total. The maximum Gasteiger partial charge on any atom is 0.323 e. The average molecular weight is 361 g/mol. The monoisotopic (exact) mass is 361 g/mol. The number of hydrogen-bond donors (Lipinski definition) is 2. The minimum Gasteiger partial charge on any atom is -0.480 e. The van der Waals surface area contributed by atoms with Gasteiger partial charge in [0, 0.05) is 0 Å². The molecule has 1 saturated heterocycles. The third-order valence-electron chi connectivity index (χ3n) is 3.10. The van der Waals surface area contributed by atoms with E-state index in [-0.39, 0.29) is 15.8 Å². The molecule has 0 bridgehead atoms. The number of nitrogens with zero attached hydrogens (tertiary/aromatic N) is 2. The molecule has 1 aromatic heterocycles. The van der Waals surface area contributed by atoms with Crippen LogP contribution in [-0.4, -0.2) is 42.9 Å². The standard InChI is InChI=1S/C10H10N2.C6H5NO3S2/c1-8-7-11-12-10(8)9-5-3-2-4-6-9;1-3-5(10)7(2-4(8)9)6(11)12-3/h2-7H,1H3,(H,11,12);1-2H2,(H,8,9). The first-order valence-corrected chi connectivity index (χ1v) is 8.12. The van der Waals surface area contributed by atoms with Crippen molar-refractivity contribution < 1.29 is 14.7 Å². The zero-order chi connectivity index (χ0) is 17.7. The molecule has 24 heavy (non-hydrogen) atoms. The number of aromatic nitrogens is 2. The topological polar surface area (TPSA) is 86.3 Å². The van der Waals surface area contributed by atoms with Gasteiger partial charge < -0.3 is 5.11 Å². The molecule has 1 aliphatic heterocycles. The van der Waals surface area contributed by atoms with Crippen LogP contribution in [0.4, 0.5) is 0 Å². The number of thioether (sulfide) groups is 1. The van der Waals surface area contributed by atoms with Crippen molar-refractivity contribution in [2.75, 3.05) is 6.54 Å². The molecule has 0 unspecified atom stereocenters. The number of aliphatic carboxylic acids is 1. The van der Waals surface area contributed by atoms with E-state index in [0.717, 1.165) is 22.4 Å². The van der Waals surface area contributed by atoms with Gasteiger partial charge >= 0.3 is 5.97 Å². The summed E-state index contributed by atoms with van der Waals surface area (Å²) in [5.41, 5.74) is 3.48. The lowest BCUT2D eigenvalue weighted by Gasteiger charge is -2.09. The Hall–Kier alpha value is -2.45. The first-order chi connectivity index (χ1) is 11.4. The summed E-state index contributed by atoms with van der Waals surface area (Å²) >= 11 is 5.79. The Balaban J connectivity index is 0.000000174. The molecule has 0 saturated carbocycles. The van der Waals surface area contributed by atoms with Gasteiger partial charge in [-0.25, -0.2) is 0 Å². The molecule has 0 aliphatic carbocycles. The fraction of sp³-hybridized carbons (Fsp3) is 0.125. The number of hydrogen-bond acceptors (Lipinski definition) is 5. The quantitative estimate of drug-likeness (QED) is 0.646. The molecular weight excluding hydrogens is 346 g/mol.